The Labute approximate surface area is 181 Å². The van der Waals surface area contributed by atoms with E-state index in [1.54, 1.807) is 12.1 Å². The second-order valence-corrected chi connectivity index (χ2v) is 7.93. The van der Waals surface area contributed by atoms with Gasteiger partial charge in [-0.1, -0.05) is 47.1 Å². The molecule has 0 saturated carbocycles. The minimum Gasteiger partial charge on any atom is -0.354 e. The summed E-state index contributed by atoms with van der Waals surface area (Å²) in [6.07, 6.45) is 3.14. The lowest BCUT2D eigenvalue weighted by atomic mass is 10.1. The molecule has 2 heterocycles. The number of carbonyl (C=O) groups is 1. The van der Waals surface area contributed by atoms with Gasteiger partial charge in [0.05, 0.1) is 6.04 Å². The van der Waals surface area contributed by atoms with Crippen molar-refractivity contribution < 1.29 is 9.32 Å². The molecule has 4 rings (SSSR count). The van der Waals surface area contributed by atoms with Gasteiger partial charge in [-0.05, 0) is 55.8 Å². The van der Waals surface area contributed by atoms with Crippen LogP contribution in [0.1, 0.15) is 36.8 Å². The second-order valence-electron chi connectivity index (χ2n) is 7.49. The maximum Gasteiger partial charge on any atom is 0.227 e. The van der Waals surface area contributed by atoms with Crippen LogP contribution in [0.15, 0.2) is 59.1 Å². The second kappa shape index (κ2) is 9.87. The first kappa shape index (κ1) is 20.6. The number of rotatable bonds is 8. The molecule has 7 heteroatoms. The molecule has 2 aromatic carbocycles. The lowest BCUT2D eigenvalue weighted by Gasteiger charge is -2.28. The average Bonchev–Trinajstić information content (AvgIpc) is 3.46. The Morgan fingerprint density at radius 1 is 1.10 bits per heavy atom. The molecular formula is C23H25ClN4O2. The molecule has 1 unspecified atom stereocenters. The first-order valence-electron chi connectivity index (χ1n) is 10.3. The molecule has 1 fully saturated rings. The summed E-state index contributed by atoms with van der Waals surface area (Å²) in [4.78, 5) is 19.3. The van der Waals surface area contributed by atoms with E-state index in [4.69, 9.17) is 16.1 Å². The van der Waals surface area contributed by atoms with Gasteiger partial charge in [0, 0.05) is 30.0 Å². The van der Waals surface area contributed by atoms with Gasteiger partial charge in [0.15, 0.2) is 0 Å². The molecule has 1 aliphatic rings. The van der Waals surface area contributed by atoms with E-state index in [0.29, 0.717) is 36.1 Å². The number of nitrogens with zero attached hydrogens (tertiary/aromatic N) is 3. The van der Waals surface area contributed by atoms with Gasteiger partial charge in [0.2, 0.25) is 17.6 Å². The van der Waals surface area contributed by atoms with E-state index < -0.39 is 0 Å². The molecule has 1 saturated heterocycles. The van der Waals surface area contributed by atoms with Crippen molar-refractivity contribution in [2.45, 2.75) is 31.7 Å². The van der Waals surface area contributed by atoms with E-state index in [1.807, 2.05) is 30.3 Å². The largest absolute Gasteiger partial charge is 0.354 e. The molecule has 1 aromatic heterocycles. The zero-order chi connectivity index (χ0) is 20.8. The topological polar surface area (TPSA) is 71.3 Å². The van der Waals surface area contributed by atoms with Crippen molar-refractivity contribution in [3.05, 3.63) is 71.1 Å². The van der Waals surface area contributed by atoms with Crippen LogP contribution >= 0.6 is 11.6 Å². The number of nitrogens with one attached hydrogen (secondary N) is 1. The number of aromatic nitrogens is 2. The van der Waals surface area contributed by atoms with Crippen molar-refractivity contribution in [3.8, 4) is 11.4 Å². The van der Waals surface area contributed by atoms with Crippen LogP contribution in [-0.4, -0.2) is 40.6 Å². The Balaban J connectivity index is 1.30. The Bertz CT molecular complexity index is 953. The molecule has 156 valence electrons. The van der Waals surface area contributed by atoms with E-state index in [0.717, 1.165) is 18.7 Å². The summed E-state index contributed by atoms with van der Waals surface area (Å²) in [6.45, 7) is 2.75. The number of likely N-dealkylation sites (tertiary alicyclic amines) is 1. The van der Waals surface area contributed by atoms with Crippen molar-refractivity contribution in [3.63, 3.8) is 0 Å². The monoisotopic (exact) mass is 424 g/mol. The minimum atomic E-state index is -0.0126. The highest BCUT2D eigenvalue weighted by molar-refractivity contribution is 6.30. The van der Waals surface area contributed by atoms with Crippen molar-refractivity contribution in [2.24, 2.45) is 0 Å². The van der Waals surface area contributed by atoms with Crippen LogP contribution in [0.2, 0.25) is 5.02 Å². The van der Waals surface area contributed by atoms with Gasteiger partial charge in [-0.2, -0.15) is 4.98 Å². The summed E-state index contributed by atoms with van der Waals surface area (Å²) in [6, 6.07) is 17.8. The average molecular weight is 425 g/mol. The van der Waals surface area contributed by atoms with Crippen molar-refractivity contribution in [1.82, 2.24) is 20.4 Å². The summed E-state index contributed by atoms with van der Waals surface area (Å²) < 4.78 is 5.29. The molecule has 1 amide bonds. The highest BCUT2D eigenvalue weighted by Crippen LogP contribution is 2.24. The zero-order valence-corrected chi connectivity index (χ0v) is 17.5. The SMILES string of the molecule is O=C(CCc1nc(-c2ccc(Cl)cc2)no1)NCC(c1ccccc1)N1CCCC1. The third-order valence-electron chi connectivity index (χ3n) is 5.39. The zero-order valence-electron chi connectivity index (χ0n) is 16.8. The number of carbonyl (C=O) groups excluding carboxylic acids is 1. The van der Waals surface area contributed by atoms with Crippen molar-refractivity contribution in [1.29, 1.82) is 0 Å². The summed E-state index contributed by atoms with van der Waals surface area (Å²) in [5, 5.41) is 7.74. The molecule has 0 bridgehead atoms. The summed E-state index contributed by atoms with van der Waals surface area (Å²) in [5.41, 5.74) is 2.07. The fraction of sp³-hybridized carbons (Fsp3) is 0.348. The van der Waals surface area contributed by atoms with Gasteiger partial charge in [-0.3, -0.25) is 9.69 Å². The van der Waals surface area contributed by atoms with Crippen molar-refractivity contribution in [2.75, 3.05) is 19.6 Å². The van der Waals surface area contributed by atoms with Gasteiger partial charge in [0.1, 0.15) is 0 Å². The number of hydrogen-bond acceptors (Lipinski definition) is 5. The molecule has 30 heavy (non-hydrogen) atoms. The van der Waals surface area contributed by atoms with Gasteiger partial charge in [-0.15, -0.1) is 0 Å². The molecule has 0 radical (unpaired) electrons. The predicted molar refractivity (Wildman–Crippen MR) is 116 cm³/mol. The van der Waals surface area contributed by atoms with Crippen LogP contribution in [0.4, 0.5) is 0 Å². The van der Waals surface area contributed by atoms with Crippen LogP contribution in [0, 0.1) is 0 Å². The lowest BCUT2D eigenvalue weighted by Crippen LogP contribution is -2.36. The van der Waals surface area contributed by atoms with Gasteiger partial charge in [-0.25, -0.2) is 0 Å². The van der Waals surface area contributed by atoms with E-state index >= 15 is 0 Å². The van der Waals surface area contributed by atoms with Crippen LogP contribution < -0.4 is 5.32 Å². The normalized spacial score (nSPS) is 15.2. The summed E-state index contributed by atoms with van der Waals surface area (Å²) in [5.74, 6) is 0.941. The van der Waals surface area contributed by atoms with Crippen LogP contribution in [0.25, 0.3) is 11.4 Å². The number of hydrogen-bond donors (Lipinski definition) is 1. The van der Waals surface area contributed by atoms with Gasteiger partial charge in [0.25, 0.3) is 0 Å². The Kier molecular flexibility index (Phi) is 6.77. The summed E-state index contributed by atoms with van der Waals surface area (Å²) in [7, 11) is 0. The highest BCUT2D eigenvalue weighted by atomic mass is 35.5. The van der Waals surface area contributed by atoms with Gasteiger partial charge >= 0.3 is 0 Å². The smallest absolute Gasteiger partial charge is 0.227 e. The van der Waals surface area contributed by atoms with Crippen LogP contribution in [-0.2, 0) is 11.2 Å². The van der Waals surface area contributed by atoms with Gasteiger partial charge < -0.3 is 9.84 Å². The maximum atomic E-state index is 12.4. The number of aryl methyl sites for hydroxylation is 1. The predicted octanol–water partition coefficient (Wildman–Crippen LogP) is 4.28. The Hall–Kier alpha value is -2.70. The molecule has 0 aliphatic carbocycles. The highest BCUT2D eigenvalue weighted by Gasteiger charge is 2.23. The third kappa shape index (κ3) is 5.26. The van der Waals surface area contributed by atoms with E-state index in [1.165, 1.54) is 18.4 Å². The van der Waals surface area contributed by atoms with E-state index in [2.05, 4.69) is 32.5 Å². The van der Waals surface area contributed by atoms with E-state index in [9.17, 15) is 4.79 Å². The number of amides is 1. The Morgan fingerprint density at radius 3 is 2.57 bits per heavy atom. The first-order valence-corrected chi connectivity index (χ1v) is 10.7. The maximum absolute atomic E-state index is 12.4. The fourth-order valence-electron chi connectivity index (χ4n) is 3.78. The molecule has 1 aliphatic heterocycles. The lowest BCUT2D eigenvalue weighted by molar-refractivity contribution is -0.121. The quantitative estimate of drug-likeness (QED) is 0.584. The Morgan fingerprint density at radius 2 is 1.83 bits per heavy atom. The summed E-state index contributed by atoms with van der Waals surface area (Å²) >= 11 is 5.91. The number of benzene rings is 2. The molecule has 6 nitrogen and oxygen atoms in total. The number of halogens is 1. The fourth-order valence-corrected chi connectivity index (χ4v) is 3.90. The third-order valence-corrected chi connectivity index (χ3v) is 5.65. The van der Waals surface area contributed by atoms with Crippen LogP contribution in [0.5, 0.6) is 0 Å². The molecule has 3 aromatic rings. The molecule has 1 atom stereocenters. The minimum absolute atomic E-state index is 0.0126. The standard InChI is InChI=1S/C23H25ClN4O2/c24-19-10-8-18(9-11-19)23-26-22(30-27-23)13-12-21(29)25-16-20(28-14-4-5-15-28)17-6-2-1-3-7-17/h1-3,6-11,20H,4-5,12-16H2,(H,25,29). The molecule has 1 N–H and O–H groups in total. The first-order chi connectivity index (χ1) is 14.7. The van der Waals surface area contributed by atoms with Crippen LogP contribution in [0.3, 0.4) is 0 Å². The van der Waals surface area contributed by atoms with E-state index in [-0.39, 0.29) is 11.9 Å². The molecule has 0 spiro atoms. The molecular weight excluding hydrogens is 400 g/mol. The van der Waals surface area contributed by atoms with Crippen molar-refractivity contribution >= 4 is 17.5 Å².